The Balaban J connectivity index is 2.14. The minimum atomic E-state index is -0.953. The molecule has 1 amide bonds. The molecule has 0 aliphatic carbocycles. The third-order valence-electron chi connectivity index (χ3n) is 5.86. The van der Waals surface area contributed by atoms with Gasteiger partial charge in [-0.1, -0.05) is 73.1 Å². The molecule has 0 spiro atoms. The van der Waals surface area contributed by atoms with Gasteiger partial charge in [0.2, 0.25) is 5.91 Å². The predicted octanol–water partition coefficient (Wildman–Crippen LogP) is 6.54. The van der Waals surface area contributed by atoms with Gasteiger partial charge in [0.25, 0.3) is 0 Å². The number of carbonyl (C=O) groups excluding carboxylic acids is 1. The standard InChI is InChI=1S/C26H45NO4/c1-6-14-21-16-17-22(31-21)15-12-10-8-7-9-11-13-18-26(4,5)25(30)27-23(24(28)29)19-20(2)3/h16-17,20,23H,6-15,18-19H2,1-5H3,(H,27,30)(H,28,29). The lowest BCUT2D eigenvalue weighted by molar-refractivity contribution is -0.144. The molecule has 2 N–H and O–H groups in total. The number of carboxylic acids is 1. The van der Waals surface area contributed by atoms with E-state index in [2.05, 4.69) is 24.4 Å². The van der Waals surface area contributed by atoms with Crippen molar-refractivity contribution in [3.8, 4) is 0 Å². The topological polar surface area (TPSA) is 79.5 Å². The van der Waals surface area contributed by atoms with Crippen molar-refractivity contribution in [2.75, 3.05) is 0 Å². The number of hydrogen-bond donors (Lipinski definition) is 2. The second-order valence-electron chi connectivity index (χ2n) is 9.97. The van der Waals surface area contributed by atoms with Crippen molar-refractivity contribution >= 4 is 11.9 Å². The number of furan rings is 1. The zero-order valence-electron chi connectivity index (χ0n) is 20.5. The Hall–Kier alpha value is -1.78. The van der Waals surface area contributed by atoms with Crippen molar-refractivity contribution in [3.05, 3.63) is 23.7 Å². The highest BCUT2D eigenvalue weighted by Crippen LogP contribution is 2.25. The average Bonchev–Trinajstić information content (AvgIpc) is 3.13. The lowest BCUT2D eigenvalue weighted by atomic mass is 9.85. The van der Waals surface area contributed by atoms with Crippen LogP contribution in [0.2, 0.25) is 0 Å². The number of unbranched alkanes of at least 4 members (excludes halogenated alkanes) is 6. The molecule has 0 fully saturated rings. The molecule has 1 aromatic rings. The fourth-order valence-electron chi connectivity index (χ4n) is 3.85. The van der Waals surface area contributed by atoms with Gasteiger partial charge in [-0.2, -0.15) is 0 Å². The van der Waals surface area contributed by atoms with E-state index in [0.29, 0.717) is 6.42 Å². The first-order valence-electron chi connectivity index (χ1n) is 12.3. The second-order valence-corrected chi connectivity index (χ2v) is 9.97. The van der Waals surface area contributed by atoms with Gasteiger partial charge in [-0.3, -0.25) is 4.79 Å². The van der Waals surface area contributed by atoms with Gasteiger partial charge in [-0.05, 0) is 43.7 Å². The van der Waals surface area contributed by atoms with Gasteiger partial charge in [0.15, 0.2) is 0 Å². The number of carbonyl (C=O) groups is 2. The van der Waals surface area contributed by atoms with Crippen molar-refractivity contribution in [1.29, 1.82) is 0 Å². The molecular weight excluding hydrogens is 390 g/mol. The lowest BCUT2D eigenvalue weighted by Crippen LogP contribution is -2.47. The van der Waals surface area contributed by atoms with Crippen LogP contribution in [0.15, 0.2) is 16.5 Å². The Morgan fingerprint density at radius 2 is 1.52 bits per heavy atom. The molecule has 0 aliphatic heterocycles. The molecule has 5 nitrogen and oxygen atoms in total. The van der Waals surface area contributed by atoms with Crippen molar-refractivity contribution in [1.82, 2.24) is 5.32 Å². The van der Waals surface area contributed by atoms with Gasteiger partial charge < -0.3 is 14.8 Å². The van der Waals surface area contributed by atoms with Crippen molar-refractivity contribution < 1.29 is 19.1 Å². The molecule has 31 heavy (non-hydrogen) atoms. The molecule has 1 rings (SSSR count). The second kappa shape index (κ2) is 14.3. The number of amides is 1. The zero-order chi connectivity index (χ0) is 23.3. The van der Waals surface area contributed by atoms with Crippen LogP contribution in [0, 0.1) is 11.3 Å². The van der Waals surface area contributed by atoms with Crippen LogP contribution in [0.25, 0.3) is 0 Å². The highest BCUT2D eigenvalue weighted by Gasteiger charge is 2.31. The molecule has 0 aromatic carbocycles. The van der Waals surface area contributed by atoms with Crippen LogP contribution in [0.4, 0.5) is 0 Å². The molecule has 1 atom stereocenters. The van der Waals surface area contributed by atoms with Crippen LogP contribution in [-0.4, -0.2) is 23.0 Å². The number of hydrogen-bond acceptors (Lipinski definition) is 3. The predicted molar refractivity (Wildman–Crippen MR) is 126 cm³/mol. The molecular formula is C26H45NO4. The molecule has 1 heterocycles. The highest BCUT2D eigenvalue weighted by atomic mass is 16.4. The van der Waals surface area contributed by atoms with E-state index in [4.69, 9.17) is 4.42 Å². The van der Waals surface area contributed by atoms with Crippen LogP contribution in [0.1, 0.15) is 110 Å². The first kappa shape index (κ1) is 27.3. The van der Waals surface area contributed by atoms with E-state index in [9.17, 15) is 14.7 Å². The summed E-state index contributed by atoms with van der Waals surface area (Å²) in [7, 11) is 0. The number of rotatable bonds is 17. The molecule has 0 aliphatic rings. The SMILES string of the molecule is CCCc1ccc(CCCCCCCCCC(C)(C)C(=O)NC(CC(C)C)C(=O)O)o1. The molecule has 5 heteroatoms. The van der Waals surface area contributed by atoms with Crippen LogP contribution in [-0.2, 0) is 22.4 Å². The Morgan fingerprint density at radius 3 is 2.06 bits per heavy atom. The molecule has 0 radical (unpaired) electrons. The summed E-state index contributed by atoms with van der Waals surface area (Å²) in [4.78, 5) is 24.0. The summed E-state index contributed by atoms with van der Waals surface area (Å²) >= 11 is 0. The summed E-state index contributed by atoms with van der Waals surface area (Å²) in [6.45, 7) is 9.93. The number of nitrogens with one attached hydrogen (secondary N) is 1. The van der Waals surface area contributed by atoms with E-state index in [0.717, 1.165) is 50.0 Å². The normalized spacial score (nSPS) is 12.8. The first-order chi connectivity index (χ1) is 14.7. The average molecular weight is 436 g/mol. The van der Waals surface area contributed by atoms with Crippen molar-refractivity contribution in [2.24, 2.45) is 11.3 Å². The fourth-order valence-corrected chi connectivity index (χ4v) is 3.85. The minimum absolute atomic E-state index is 0.152. The van der Waals surface area contributed by atoms with Gasteiger partial charge in [0.1, 0.15) is 17.6 Å². The van der Waals surface area contributed by atoms with E-state index in [-0.39, 0.29) is 11.8 Å². The van der Waals surface area contributed by atoms with E-state index < -0.39 is 17.4 Å². The molecule has 0 saturated heterocycles. The van der Waals surface area contributed by atoms with Gasteiger partial charge >= 0.3 is 5.97 Å². The molecule has 0 bridgehead atoms. The lowest BCUT2D eigenvalue weighted by Gasteiger charge is -2.26. The van der Waals surface area contributed by atoms with E-state index in [1.807, 2.05) is 27.7 Å². The Kier molecular flexibility index (Phi) is 12.6. The summed E-state index contributed by atoms with van der Waals surface area (Å²) in [5, 5.41) is 12.1. The molecule has 1 unspecified atom stereocenters. The quantitative estimate of drug-likeness (QED) is 0.272. The van der Waals surface area contributed by atoms with Crippen LogP contribution < -0.4 is 5.32 Å². The maximum absolute atomic E-state index is 12.6. The summed E-state index contributed by atoms with van der Waals surface area (Å²) in [5.74, 6) is 1.34. The smallest absolute Gasteiger partial charge is 0.326 e. The molecule has 0 saturated carbocycles. The van der Waals surface area contributed by atoms with Gasteiger partial charge in [0, 0.05) is 18.3 Å². The molecule has 1 aromatic heterocycles. The van der Waals surface area contributed by atoms with Gasteiger partial charge in [-0.25, -0.2) is 4.79 Å². The van der Waals surface area contributed by atoms with E-state index in [1.165, 1.54) is 32.1 Å². The number of aryl methyl sites for hydroxylation is 2. The summed E-state index contributed by atoms with van der Waals surface area (Å²) < 4.78 is 5.83. The summed E-state index contributed by atoms with van der Waals surface area (Å²) in [6.07, 6.45) is 12.6. The van der Waals surface area contributed by atoms with Crippen molar-refractivity contribution in [2.45, 2.75) is 118 Å². The van der Waals surface area contributed by atoms with Gasteiger partial charge in [0.05, 0.1) is 0 Å². The van der Waals surface area contributed by atoms with Crippen LogP contribution in [0.3, 0.4) is 0 Å². The Labute approximate surface area is 189 Å². The van der Waals surface area contributed by atoms with E-state index >= 15 is 0 Å². The monoisotopic (exact) mass is 435 g/mol. The first-order valence-corrected chi connectivity index (χ1v) is 12.3. The summed E-state index contributed by atoms with van der Waals surface area (Å²) in [6, 6.07) is 3.42. The third kappa shape index (κ3) is 11.4. The Morgan fingerprint density at radius 1 is 0.968 bits per heavy atom. The van der Waals surface area contributed by atoms with Crippen LogP contribution in [0.5, 0.6) is 0 Å². The van der Waals surface area contributed by atoms with Gasteiger partial charge in [-0.15, -0.1) is 0 Å². The maximum atomic E-state index is 12.6. The number of carboxylic acid groups (broad SMARTS) is 1. The number of aliphatic carboxylic acids is 1. The van der Waals surface area contributed by atoms with Crippen LogP contribution >= 0.6 is 0 Å². The molecule has 178 valence electrons. The Bertz CT molecular complexity index is 648. The summed E-state index contributed by atoms with van der Waals surface area (Å²) in [5.41, 5.74) is -0.537. The maximum Gasteiger partial charge on any atom is 0.326 e. The zero-order valence-corrected chi connectivity index (χ0v) is 20.5. The largest absolute Gasteiger partial charge is 0.480 e. The van der Waals surface area contributed by atoms with E-state index in [1.54, 1.807) is 0 Å². The highest BCUT2D eigenvalue weighted by molar-refractivity contribution is 5.86. The third-order valence-corrected chi connectivity index (χ3v) is 5.86. The van der Waals surface area contributed by atoms with Crippen molar-refractivity contribution in [3.63, 3.8) is 0 Å². The minimum Gasteiger partial charge on any atom is -0.480 e. The fraction of sp³-hybridized carbons (Fsp3) is 0.769.